The summed E-state index contributed by atoms with van der Waals surface area (Å²) in [6.45, 7) is 3.72. The monoisotopic (exact) mass is 157 g/mol. The average molecular weight is 157 g/mol. The highest BCUT2D eigenvalue weighted by Gasteiger charge is 2.25. The summed E-state index contributed by atoms with van der Waals surface area (Å²) in [5, 5.41) is 7.01. The Morgan fingerprint density at radius 2 is 2.10 bits per heavy atom. The summed E-state index contributed by atoms with van der Waals surface area (Å²) in [7, 11) is 0. The predicted molar refractivity (Wildman–Crippen MR) is 39.8 cm³/mol. The van der Waals surface area contributed by atoms with Gasteiger partial charge in [-0.05, 0) is 26.1 Å². The van der Waals surface area contributed by atoms with Gasteiger partial charge in [0.15, 0.2) is 0 Å². The van der Waals surface area contributed by atoms with Crippen LogP contribution in [0.25, 0.3) is 0 Å². The highest BCUT2D eigenvalue weighted by atomic mass is 32.1. The van der Waals surface area contributed by atoms with Crippen LogP contribution in [0, 0.1) is 0 Å². The van der Waals surface area contributed by atoms with E-state index in [9.17, 15) is 4.79 Å². The van der Waals surface area contributed by atoms with Crippen molar-refractivity contribution in [2.45, 2.75) is 19.9 Å². The summed E-state index contributed by atoms with van der Waals surface area (Å²) in [5.41, 5.74) is 0. The van der Waals surface area contributed by atoms with Crippen molar-refractivity contribution in [2.24, 2.45) is 10.2 Å². The maximum atomic E-state index is 10.8. The van der Waals surface area contributed by atoms with Crippen LogP contribution in [-0.4, -0.2) is 22.1 Å². The van der Waals surface area contributed by atoms with Gasteiger partial charge in [-0.2, -0.15) is 0 Å². The number of nitrogens with zero attached hydrogens (tertiary/aromatic N) is 3. The molecule has 1 aliphatic rings. The third-order valence-corrected chi connectivity index (χ3v) is 1.43. The highest BCUT2D eigenvalue weighted by Crippen LogP contribution is 2.10. The molecule has 0 spiro atoms. The molecule has 0 saturated carbocycles. The lowest BCUT2D eigenvalue weighted by molar-refractivity contribution is 0.226. The second kappa shape index (κ2) is 2.42. The number of azo groups is 1. The lowest BCUT2D eigenvalue weighted by Crippen LogP contribution is -2.34. The fraction of sp³-hybridized carbons (Fsp3) is 0.600. The molecule has 10 heavy (non-hydrogen) atoms. The minimum Gasteiger partial charge on any atom is -0.262 e. The van der Waals surface area contributed by atoms with E-state index >= 15 is 0 Å². The van der Waals surface area contributed by atoms with E-state index in [2.05, 4.69) is 10.2 Å². The molecular formula is C5H7N3OS. The Bertz CT molecular complexity index is 193. The molecule has 0 fully saturated rings. The van der Waals surface area contributed by atoms with E-state index in [-0.39, 0.29) is 17.2 Å². The first-order valence-corrected chi connectivity index (χ1v) is 3.32. The van der Waals surface area contributed by atoms with Gasteiger partial charge in [-0.3, -0.25) is 4.90 Å². The van der Waals surface area contributed by atoms with Crippen molar-refractivity contribution in [3.8, 4) is 0 Å². The van der Waals surface area contributed by atoms with Crippen molar-refractivity contribution >= 4 is 23.4 Å². The number of carbonyl (C=O) groups is 1. The van der Waals surface area contributed by atoms with Gasteiger partial charge in [0.25, 0.3) is 0 Å². The van der Waals surface area contributed by atoms with E-state index < -0.39 is 0 Å². The topological polar surface area (TPSA) is 45.0 Å². The van der Waals surface area contributed by atoms with Crippen LogP contribution < -0.4 is 0 Å². The number of hydrogen-bond donors (Lipinski definition) is 0. The molecule has 4 nitrogen and oxygen atoms in total. The van der Waals surface area contributed by atoms with Gasteiger partial charge < -0.3 is 0 Å². The largest absolute Gasteiger partial charge is 0.368 e. The number of amides is 2. The van der Waals surface area contributed by atoms with Crippen LogP contribution in [0.3, 0.4) is 0 Å². The summed E-state index contributed by atoms with van der Waals surface area (Å²) in [6, 6.07) is -0.310. The normalized spacial score (nSPS) is 17.7. The molecule has 1 aliphatic heterocycles. The molecule has 1 heterocycles. The quantitative estimate of drug-likeness (QED) is 0.542. The molecule has 0 N–H and O–H groups in total. The van der Waals surface area contributed by atoms with E-state index in [1.165, 1.54) is 4.90 Å². The van der Waals surface area contributed by atoms with Crippen LogP contribution >= 0.6 is 12.2 Å². The second-order valence-corrected chi connectivity index (χ2v) is 2.59. The minimum absolute atomic E-state index is 0.0509. The van der Waals surface area contributed by atoms with Crippen LogP contribution in [-0.2, 0) is 0 Å². The fourth-order valence-electron chi connectivity index (χ4n) is 0.705. The first-order chi connectivity index (χ1) is 4.63. The van der Waals surface area contributed by atoms with Crippen LogP contribution in [0.5, 0.6) is 0 Å². The van der Waals surface area contributed by atoms with Crippen molar-refractivity contribution < 1.29 is 4.79 Å². The van der Waals surface area contributed by atoms with Crippen molar-refractivity contribution in [1.29, 1.82) is 0 Å². The smallest absolute Gasteiger partial charge is 0.262 e. The van der Waals surface area contributed by atoms with Gasteiger partial charge in [-0.25, -0.2) is 4.79 Å². The fourth-order valence-corrected chi connectivity index (χ4v) is 1.04. The van der Waals surface area contributed by atoms with Gasteiger partial charge in [0.2, 0.25) is 5.11 Å². The minimum atomic E-state index is -0.361. The van der Waals surface area contributed by atoms with Gasteiger partial charge in [-0.1, -0.05) is 5.11 Å². The van der Waals surface area contributed by atoms with E-state index in [4.69, 9.17) is 12.2 Å². The molecule has 54 valence electrons. The van der Waals surface area contributed by atoms with Gasteiger partial charge in [0.1, 0.15) is 0 Å². The van der Waals surface area contributed by atoms with E-state index in [1.807, 2.05) is 13.8 Å². The Hall–Kier alpha value is -0.840. The van der Waals surface area contributed by atoms with Crippen LogP contribution in [0.1, 0.15) is 13.8 Å². The van der Waals surface area contributed by atoms with E-state index in [1.54, 1.807) is 0 Å². The standard InChI is InChI=1S/C5H7N3OS/c1-3(2)8-4(9)6-7-5(8)10/h3H,1-2H3. The van der Waals surface area contributed by atoms with Crippen LogP contribution in [0.15, 0.2) is 10.2 Å². The van der Waals surface area contributed by atoms with Crippen molar-refractivity contribution in [3.63, 3.8) is 0 Å². The van der Waals surface area contributed by atoms with Crippen molar-refractivity contribution in [1.82, 2.24) is 4.90 Å². The summed E-state index contributed by atoms with van der Waals surface area (Å²) in [4.78, 5) is 12.2. The van der Waals surface area contributed by atoms with Crippen molar-refractivity contribution in [2.75, 3.05) is 0 Å². The molecule has 0 saturated heterocycles. The molecule has 0 aromatic heterocycles. The van der Waals surface area contributed by atoms with Crippen molar-refractivity contribution in [3.05, 3.63) is 0 Å². The number of urea groups is 1. The summed E-state index contributed by atoms with van der Waals surface area (Å²) in [5.74, 6) is 0. The third-order valence-electron chi connectivity index (χ3n) is 1.15. The Morgan fingerprint density at radius 3 is 2.30 bits per heavy atom. The molecule has 5 heteroatoms. The van der Waals surface area contributed by atoms with E-state index in [0.29, 0.717) is 0 Å². The Morgan fingerprint density at radius 1 is 1.50 bits per heavy atom. The maximum Gasteiger partial charge on any atom is 0.368 e. The first kappa shape index (κ1) is 7.27. The number of rotatable bonds is 1. The van der Waals surface area contributed by atoms with E-state index in [0.717, 1.165) is 0 Å². The Labute approximate surface area is 63.9 Å². The zero-order valence-electron chi connectivity index (χ0n) is 5.74. The molecule has 0 atom stereocenters. The summed E-state index contributed by atoms with van der Waals surface area (Å²) >= 11 is 4.74. The second-order valence-electron chi connectivity index (χ2n) is 2.23. The lowest BCUT2D eigenvalue weighted by atomic mass is 10.4. The number of carbonyl (C=O) groups excluding carboxylic acids is 1. The first-order valence-electron chi connectivity index (χ1n) is 2.92. The molecular weight excluding hydrogens is 150 g/mol. The van der Waals surface area contributed by atoms with Crippen LogP contribution in [0.4, 0.5) is 4.79 Å². The molecule has 2 amide bonds. The number of hydrogen-bond acceptors (Lipinski definition) is 2. The predicted octanol–water partition coefficient (Wildman–Crippen LogP) is 1.57. The highest BCUT2D eigenvalue weighted by molar-refractivity contribution is 7.80. The maximum absolute atomic E-state index is 10.8. The number of thiocarbonyl (C=S) groups is 1. The Kier molecular flexibility index (Phi) is 1.76. The Balaban J connectivity index is 2.79. The zero-order valence-corrected chi connectivity index (χ0v) is 6.55. The molecule has 0 bridgehead atoms. The van der Waals surface area contributed by atoms with Gasteiger partial charge in [0.05, 0.1) is 0 Å². The summed E-state index contributed by atoms with van der Waals surface area (Å²) in [6.07, 6.45) is 0. The molecule has 0 aliphatic carbocycles. The average Bonchev–Trinajstić information content (AvgIpc) is 2.11. The van der Waals surface area contributed by atoms with Gasteiger partial charge in [-0.15, -0.1) is 5.11 Å². The zero-order chi connectivity index (χ0) is 7.72. The lowest BCUT2D eigenvalue weighted by Gasteiger charge is -2.15. The SMILES string of the molecule is CC(C)N1C(=O)N=NC1=S. The van der Waals surface area contributed by atoms with Gasteiger partial charge >= 0.3 is 6.03 Å². The van der Waals surface area contributed by atoms with Crippen LogP contribution in [0.2, 0.25) is 0 Å². The van der Waals surface area contributed by atoms with Gasteiger partial charge in [0, 0.05) is 6.04 Å². The molecule has 0 aromatic carbocycles. The molecule has 0 unspecified atom stereocenters. The summed E-state index contributed by atoms with van der Waals surface area (Å²) < 4.78 is 0. The molecule has 1 rings (SSSR count). The third kappa shape index (κ3) is 1.04. The molecule has 0 aromatic rings. The molecule has 0 radical (unpaired) electrons.